The molecule has 162 valence electrons. The van der Waals surface area contributed by atoms with Gasteiger partial charge in [-0.15, -0.1) is 0 Å². The summed E-state index contributed by atoms with van der Waals surface area (Å²) >= 11 is 0. The molecule has 2 amide bonds. The molecule has 0 aromatic heterocycles. The fourth-order valence-electron chi connectivity index (χ4n) is 3.45. The van der Waals surface area contributed by atoms with E-state index in [0.717, 1.165) is 11.3 Å². The summed E-state index contributed by atoms with van der Waals surface area (Å²) in [4.78, 5) is 31.0. The molecule has 29 heavy (non-hydrogen) atoms. The Morgan fingerprint density at radius 2 is 1.55 bits per heavy atom. The van der Waals surface area contributed by atoms with E-state index in [1.807, 2.05) is 65.9 Å². The molecule has 1 aliphatic rings. The van der Waals surface area contributed by atoms with Gasteiger partial charge >= 0.3 is 6.09 Å². The van der Waals surface area contributed by atoms with Crippen molar-refractivity contribution in [2.24, 2.45) is 0 Å². The first-order valence-electron chi connectivity index (χ1n) is 10.1. The Labute approximate surface area is 174 Å². The Hall–Kier alpha value is -2.28. The third kappa shape index (κ3) is 6.10. The van der Waals surface area contributed by atoms with E-state index in [2.05, 4.69) is 4.90 Å². The van der Waals surface area contributed by atoms with Crippen LogP contribution in [-0.2, 0) is 16.1 Å². The number of hydrogen-bond acceptors (Lipinski definition) is 5. The second kappa shape index (κ2) is 9.03. The van der Waals surface area contributed by atoms with Gasteiger partial charge in [-0.25, -0.2) is 4.79 Å². The molecule has 0 spiro atoms. The van der Waals surface area contributed by atoms with Gasteiger partial charge in [-0.3, -0.25) is 9.69 Å². The average Bonchev–Trinajstić information content (AvgIpc) is 2.66. The first kappa shape index (κ1) is 23.0. The maximum Gasteiger partial charge on any atom is 0.410 e. The molecule has 2 rings (SSSR count). The van der Waals surface area contributed by atoms with Crippen molar-refractivity contribution >= 4 is 12.0 Å². The summed E-state index contributed by atoms with van der Waals surface area (Å²) in [6.45, 7) is 12.4. The molecule has 1 aromatic carbocycles. The summed E-state index contributed by atoms with van der Waals surface area (Å²) in [6.07, 6.45) is -0.294. The van der Waals surface area contributed by atoms with E-state index in [-0.39, 0.29) is 12.0 Å². The summed E-state index contributed by atoms with van der Waals surface area (Å²) < 4.78 is 10.6. The number of methoxy groups -OCH3 is 1. The number of benzene rings is 1. The van der Waals surface area contributed by atoms with E-state index >= 15 is 0 Å². The van der Waals surface area contributed by atoms with Crippen molar-refractivity contribution in [3.05, 3.63) is 29.8 Å². The number of nitrogens with zero attached hydrogens (tertiary/aromatic N) is 3. The minimum absolute atomic E-state index is 0.0547. The Morgan fingerprint density at radius 3 is 2.03 bits per heavy atom. The standard InChI is InChI=1S/C22H35N3O4/c1-21(2,3)29-20(27)24-12-14-25(15-13-24)22(4,5)19(26)23(6)16-17-8-10-18(28-7)11-9-17/h8-11H,12-16H2,1-7H3. The van der Waals surface area contributed by atoms with Crippen LogP contribution in [0.4, 0.5) is 4.79 Å². The van der Waals surface area contributed by atoms with Gasteiger partial charge in [-0.1, -0.05) is 12.1 Å². The largest absolute Gasteiger partial charge is 0.497 e. The van der Waals surface area contributed by atoms with Gasteiger partial charge in [0.1, 0.15) is 11.4 Å². The Bertz CT molecular complexity index is 702. The lowest BCUT2D eigenvalue weighted by molar-refractivity contribution is -0.143. The van der Waals surface area contributed by atoms with Gasteiger partial charge in [0, 0.05) is 39.8 Å². The SMILES string of the molecule is COc1ccc(CN(C)C(=O)C(C)(C)N2CCN(C(=O)OC(C)(C)C)CC2)cc1. The highest BCUT2D eigenvalue weighted by Crippen LogP contribution is 2.22. The zero-order valence-corrected chi connectivity index (χ0v) is 18.8. The quantitative estimate of drug-likeness (QED) is 0.754. The fraction of sp³-hybridized carbons (Fsp3) is 0.636. The summed E-state index contributed by atoms with van der Waals surface area (Å²) in [5.74, 6) is 0.852. The van der Waals surface area contributed by atoms with Crippen LogP contribution in [0, 0.1) is 0 Å². The second-order valence-electron chi connectivity index (χ2n) is 9.02. The monoisotopic (exact) mass is 405 g/mol. The Kier molecular flexibility index (Phi) is 7.16. The molecule has 0 atom stereocenters. The van der Waals surface area contributed by atoms with Gasteiger partial charge in [-0.05, 0) is 52.3 Å². The Balaban J connectivity index is 1.93. The second-order valence-corrected chi connectivity index (χ2v) is 9.02. The molecule has 1 saturated heterocycles. The molecule has 7 heteroatoms. The number of hydrogen-bond donors (Lipinski definition) is 0. The molecule has 0 aliphatic carbocycles. The molecule has 7 nitrogen and oxygen atoms in total. The maximum absolute atomic E-state index is 13.1. The van der Waals surface area contributed by atoms with Crippen LogP contribution in [0.5, 0.6) is 5.75 Å². The molecule has 1 heterocycles. The lowest BCUT2D eigenvalue weighted by Crippen LogP contribution is -2.61. The number of carbonyl (C=O) groups excluding carboxylic acids is 2. The van der Waals surface area contributed by atoms with Crippen molar-refractivity contribution in [3.8, 4) is 5.75 Å². The normalized spacial score (nSPS) is 15.8. The van der Waals surface area contributed by atoms with Crippen LogP contribution >= 0.6 is 0 Å². The number of carbonyl (C=O) groups is 2. The lowest BCUT2D eigenvalue weighted by atomic mass is 9.99. The predicted molar refractivity (Wildman–Crippen MR) is 113 cm³/mol. The fourth-order valence-corrected chi connectivity index (χ4v) is 3.45. The van der Waals surface area contributed by atoms with Gasteiger partial charge in [0.05, 0.1) is 12.6 Å². The van der Waals surface area contributed by atoms with Gasteiger partial charge in [-0.2, -0.15) is 0 Å². The van der Waals surface area contributed by atoms with Crippen molar-refractivity contribution in [2.45, 2.75) is 52.3 Å². The lowest BCUT2D eigenvalue weighted by Gasteiger charge is -2.44. The van der Waals surface area contributed by atoms with Crippen molar-refractivity contribution in [1.29, 1.82) is 0 Å². The summed E-state index contributed by atoms with van der Waals surface area (Å²) in [7, 11) is 3.46. The highest BCUT2D eigenvalue weighted by Gasteiger charge is 2.39. The van der Waals surface area contributed by atoms with E-state index in [1.54, 1.807) is 16.9 Å². The summed E-state index contributed by atoms with van der Waals surface area (Å²) in [6, 6.07) is 7.73. The smallest absolute Gasteiger partial charge is 0.410 e. The molecule has 0 N–H and O–H groups in total. The van der Waals surface area contributed by atoms with Crippen LogP contribution in [0.3, 0.4) is 0 Å². The number of likely N-dealkylation sites (N-methyl/N-ethyl adjacent to an activating group) is 1. The van der Waals surface area contributed by atoms with Gasteiger partial charge in [0.15, 0.2) is 0 Å². The van der Waals surface area contributed by atoms with Crippen LogP contribution in [0.15, 0.2) is 24.3 Å². The van der Waals surface area contributed by atoms with Crippen LogP contribution in [-0.4, -0.2) is 78.2 Å². The highest BCUT2D eigenvalue weighted by molar-refractivity contribution is 5.85. The van der Waals surface area contributed by atoms with Crippen molar-refractivity contribution in [3.63, 3.8) is 0 Å². The minimum Gasteiger partial charge on any atom is -0.497 e. The minimum atomic E-state index is -0.652. The highest BCUT2D eigenvalue weighted by atomic mass is 16.6. The first-order chi connectivity index (χ1) is 13.4. The van der Waals surface area contributed by atoms with E-state index < -0.39 is 11.1 Å². The number of amides is 2. The molecule has 0 unspecified atom stereocenters. The zero-order chi connectivity index (χ0) is 21.8. The molecule has 0 bridgehead atoms. The zero-order valence-electron chi connectivity index (χ0n) is 18.8. The van der Waals surface area contributed by atoms with Crippen molar-refractivity contribution in [1.82, 2.24) is 14.7 Å². The predicted octanol–water partition coefficient (Wildman–Crippen LogP) is 2.98. The van der Waals surface area contributed by atoms with Crippen molar-refractivity contribution < 1.29 is 19.1 Å². The van der Waals surface area contributed by atoms with Crippen LogP contribution in [0.2, 0.25) is 0 Å². The molecule has 0 radical (unpaired) electrons. The molecular formula is C22H35N3O4. The molecule has 0 saturated carbocycles. The third-order valence-corrected chi connectivity index (χ3v) is 5.17. The average molecular weight is 406 g/mol. The van der Waals surface area contributed by atoms with Gasteiger partial charge in [0.25, 0.3) is 0 Å². The van der Waals surface area contributed by atoms with Crippen LogP contribution < -0.4 is 4.74 Å². The van der Waals surface area contributed by atoms with E-state index in [9.17, 15) is 9.59 Å². The van der Waals surface area contributed by atoms with Crippen molar-refractivity contribution in [2.75, 3.05) is 40.3 Å². The molecule has 1 aromatic rings. The van der Waals surface area contributed by atoms with E-state index in [4.69, 9.17) is 9.47 Å². The van der Waals surface area contributed by atoms with Gasteiger partial charge in [0.2, 0.25) is 5.91 Å². The van der Waals surface area contributed by atoms with E-state index in [1.165, 1.54) is 0 Å². The Morgan fingerprint density at radius 1 is 1.00 bits per heavy atom. The number of rotatable bonds is 5. The topological polar surface area (TPSA) is 62.3 Å². The first-order valence-corrected chi connectivity index (χ1v) is 10.1. The maximum atomic E-state index is 13.1. The van der Waals surface area contributed by atoms with Crippen LogP contribution in [0.25, 0.3) is 0 Å². The summed E-state index contributed by atoms with van der Waals surface area (Å²) in [5.41, 5.74) is -0.110. The molecular weight excluding hydrogens is 370 g/mol. The molecule has 1 fully saturated rings. The summed E-state index contributed by atoms with van der Waals surface area (Å²) in [5, 5.41) is 0. The number of piperazine rings is 1. The third-order valence-electron chi connectivity index (χ3n) is 5.17. The molecule has 1 aliphatic heterocycles. The van der Waals surface area contributed by atoms with E-state index in [0.29, 0.717) is 32.7 Å². The van der Waals surface area contributed by atoms with Crippen LogP contribution in [0.1, 0.15) is 40.2 Å². The number of ether oxygens (including phenoxy) is 2. The van der Waals surface area contributed by atoms with Gasteiger partial charge < -0.3 is 19.3 Å².